The van der Waals surface area contributed by atoms with Crippen LogP contribution in [0.1, 0.15) is 26.5 Å². The molecule has 0 spiro atoms. The van der Waals surface area contributed by atoms with Crippen LogP contribution in [0.25, 0.3) is 11.3 Å². The second-order valence-electron chi connectivity index (χ2n) is 6.39. The van der Waals surface area contributed by atoms with Gasteiger partial charge in [0.15, 0.2) is 5.13 Å². The van der Waals surface area contributed by atoms with Crippen LogP contribution in [0.5, 0.6) is 5.75 Å². The van der Waals surface area contributed by atoms with Crippen molar-refractivity contribution in [1.29, 1.82) is 0 Å². The quantitative estimate of drug-likeness (QED) is 0.686. The molecule has 0 atom stereocenters. The van der Waals surface area contributed by atoms with Crippen LogP contribution >= 0.6 is 11.3 Å². The molecule has 0 saturated heterocycles. The first-order valence-electron chi connectivity index (χ1n) is 8.70. The van der Waals surface area contributed by atoms with Crippen molar-refractivity contribution in [3.05, 3.63) is 58.7 Å². The van der Waals surface area contributed by atoms with Crippen molar-refractivity contribution in [1.82, 2.24) is 14.8 Å². The van der Waals surface area contributed by atoms with E-state index in [1.54, 1.807) is 19.3 Å². The number of allylic oxidation sites excluding steroid dienone is 1. The average Bonchev–Trinajstić information content (AvgIpc) is 3.25. The lowest BCUT2D eigenvalue weighted by molar-refractivity contribution is 0.102. The summed E-state index contributed by atoms with van der Waals surface area (Å²) in [5.41, 5.74) is 4.69. The number of nitrogens with one attached hydrogen (secondary N) is 1. The minimum atomic E-state index is -0.180. The standard InChI is InChI=1S/C20H20N4O2S/c1-4-5-12-10-13(6-8-16(12)26-3)19(25)23-20-22-18-14-11-21-24(2)15(14)7-9-17(18)27-20/h4,6,8,10-11H,1,5,7,9H2,2-3H3,(H,22,23,25). The van der Waals surface area contributed by atoms with Crippen LogP contribution in [0.15, 0.2) is 37.1 Å². The molecule has 0 bridgehead atoms. The zero-order valence-corrected chi connectivity index (χ0v) is 16.1. The number of amides is 1. The number of hydrogen-bond donors (Lipinski definition) is 1. The monoisotopic (exact) mass is 380 g/mol. The van der Waals surface area contributed by atoms with Gasteiger partial charge in [0, 0.05) is 28.7 Å². The Bertz CT molecular complexity index is 1030. The molecule has 0 aliphatic heterocycles. The number of aryl methyl sites for hydroxylation is 2. The van der Waals surface area contributed by atoms with Gasteiger partial charge in [-0.25, -0.2) is 4.98 Å². The Balaban J connectivity index is 1.59. The van der Waals surface area contributed by atoms with Crippen molar-refractivity contribution in [3.8, 4) is 17.0 Å². The molecule has 0 radical (unpaired) electrons. The van der Waals surface area contributed by atoms with Gasteiger partial charge in [0.05, 0.1) is 19.0 Å². The largest absolute Gasteiger partial charge is 0.496 e. The Labute approximate surface area is 161 Å². The fourth-order valence-corrected chi connectivity index (χ4v) is 4.35. The van der Waals surface area contributed by atoms with E-state index < -0.39 is 0 Å². The van der Waals surface area contributed by atoms with Gasteiger partial charge in [0.25, 0.3) is 5.91 Å². The summed E-state index contributed by atoms with van der Waals surface area (Å²) in [6.07, 6.45) is 6.14. The molecule has 6 nitrogen and oxygen atoms in total. The third-order valence-corrected chi connectivity index (χ3v) is 5.76. The van der Waals surface area contributed by atoms with Crippen LogP contribution < -0.4 is 10.1 Å². The van der Waals surface area contributed by atoms with Gasteiger partial charge in [0.1, 0.15) is 5.75 Å². The number of nitrogens with zero attached hydrogens (tertiary/aromatic N) is 3. The molecule has 2 heterocycles. The summed E-state index contributed by atoms with van der Waals surface area (Å²) in [5.74, 6) is 0.570. The molecule has 0 unspecified atom stereocenters. The maximum absolute atomic E-state index is 12.7. The Morgan fingerprint density at radius 1 is 1.44 bits per heavy atom. The minimum absolute atomic E-state index is 0.180. The number of ether oxygens (including phenoxy) is 1. The number of carbonyl (C=O) groups is 1. The molecule has 0 fully saturated rings. The van der Waals surface area contributed by atoms with Gasteiger partial charge in [-0.1, -0.05) is 6.08 Å². The zero-order valence-electron chi connectivity index (χ0n) is 15.3. The number of fused-ring (bicyclic) bond motifs is 3. The van der Waals surface area contributed by atoms with Crippen LogP contribution in [0.3, 0.4) is 0 Å². The molecule has 1 aliphatic carbocycles. The van der Waals surface area contributed by atoms with Crippen molar-refractivity contribution in [2.75, 3.05) is 12.4 Å². The third kappa shape index (κ3) is 3.14. The summed E-state index contributed by atoms with van der Waals surface area (Å²) in [4.78, 5) is 18.5. The first-order valence-corrected chi connectivity index (χ1v) is 9.52. The van der Waals surface area contributed by atoms with Gasteiger partial charge in [-0.15, -0.1) is 17.9 Å². The van der Waals surface area contributed by atoms with E-state index in [1.165, 1.54) is 21.9 Å². The molecule has 4 rings (SSSR count). The molecule has 1 aliphatic rings. The summed E-state index contributed by atoms with van der Waals surface area (Å²) >= 11 is 1.53. The normalized spacial score (nSPS) is 12.2. The Kier molecular flexibility index (Phi) is 4.53. The smallest absolute Gasteiger partial charge is 0.257 e. The van der Waals surface area contributed by atoms with Gasteiger partial charge < -0.3 is 4.74 Å². The molecular formula is C20H20N4O2S. The van der Waals surface area contributed by atoms with E-state index in [4.69, 9.17) is 4.74 Å². The van der Waals surface area contributed by atoms with Crippen molar-refractivity contribution in [2.45, 2.75) is 19.3 Å². The predicted molar refractivity (Wildman–Crippen MR) is 107 cm³/mol. The number of benzene rings is 1. The maximum atomic E-state index is 12.7. The average molecular weight is 380 g/mol. The van der Waals surface area contributed by atoms with Crippen LogP contribution in [0.2, 0.25) is 0 Å². The van der Waals surface area contributed by atoms with Crippen LogP contribution in [-0.4, -0.2) is 27.8 Å². The molecule has 0 saturated carbocycles. The van der Waals surface area contributed by atoms with E-state index in [-0.39, 0.29) is 5.91 Å². The van der Waals surface area contributed by atoms with Crippen LogP contribution in [0, 0.1) is 0 Å². The van der Waals surface area contributed by atoms with Gasteiger partial charge in [-0.3, -0.25) is 14.8 Å². The summed E-state index contributed by atoms with van der Waals surface area (Å²) < 4.78 is 7.24. The second-order valence-corrected chi connectivity index (χ2v) is 7.48. The van der Waals surface area contributed by atoms with E-state index >= 15 is 0 Å². The van der Waals surface area contributed by atoms with Gasteiger partial charge in [0.2, 0.25) is 0 Å². The molecule has 2 aromatic heterocycles. The number of methoxy groups -OCH3 is 1. The molecular weight excluding hydrogens is 360 g/mol. The SMILES string of the molecule is C=CCc1cc(C(=O)Nc2nc3c(s2)CCc2c-3cnn2C)ccc1OC. The maximum Gasteiger partial charge on any atom is 0.257 e. The van der Waals surface area contributed by atoms with Gasteiger partial charge in [-0.2, -0.15) is 5.10 Å². The van der Waals surface area contributed by atoms with Crippen LogP contribution in [-0.2, 0) is 26.3 Å². The number of hydrogen-bond acceptors (Lipinski definition) is 5. The van der Waals surface area contributed by atoms with Crippen molar-refractivity contribution < 1.29 is 9.53 Å². The van der Waals surface area contributed by atoms with E-state index in [0.29, 0.717) is 17.1 Å². The second kappa shape index (κ2) is 7.00. The molecule has 3 aromatic rings. The number of thiazole rings is 1. The molecule has 138 valence electrons. The lowest BCUT2D eigenvalue weighted by Gasteiger charge is -2.10. The molecule has 1 aromatic carbocycles. The first-order chi connectivity index (χ1) is 13.1. The number of carbonyl (C=O) groups excluding carboxylic acids is 1. The Hall–Kier alpha value is -2.93. The minimum Gasteiger partial charge on any atom is -0.496 e. The topological polar surface area (TPSA) is 69.0 Å². The Morgan fingerprint density at radius 3 is 3.07 bits per heavy atom. The highest BCUT2D eigenvalue weighted by molar-refractivity contribution is 7.16. The molecule has 7 heteroatoms. The molecule has 1 amide bonds. The fourth-order valence-electron chi connectivity index (χ4n) is 3.38. The zero-order chi connectivity index (χ0) is 19.0. The first kappa shape index (κ1) is 17.5. The van der Waals surface area contributed by atoms with Crippen molar-refractivity contribution in [2.24, 2.45) is 7.05 Å². The van der Waals surface area contributed by atoms with Crippen molar-refractivity contribution >= 4 is 22.4 Å². The highest BCUT2D eigenvalue weighted by Gasteiger charge is 2.24. The lowest BCUT2D eigenvalue weighted by Crippen LogP contribution is -2.12. The van der Waals surface area contributed by atoms with Gasteiger partial charge in [-0.05, 0) is 43.0 Å². The van der Waals surface area contributed by atoms with E-state index in [9.17, 15) is 4.79 Å². The predicted octanol–water partition coefficient (Wildman–Crippen LogP) is 3.63. The summed E-state index contributed by atoms with van der Waals surface area (Å²) in [5, 5.41) is 7.88. The lowest BCUT2D eigenvalue weighted by atomic mass is 10.0. The number of aromatic nitrogens is 3. The molecule has 1 N–H and O–H groups in total. The molecule has 27 heavy (non-hydrogen) atoms. The number of anilines is 1. The van der Waals surface area contributed by atoms with E-state index in [1.807, 2.05) is 30.1 Å². The van der Waals surface area contributed by atoms with E-state index in [2.05, 4.69) is 22.0 Å². The van der Waals surface area contributed by atoms with Gasteiger partial charge >= 0.3 is 0 Å². The number of rotatable bonds is 5. The Morgan fingerprint density at radius 2 is 2.30 bits per heavy atom. The van der Waals surface area contributed by atoms with Crippen molar-refractivity contribution in [3.63, 3.8) is 0 Å². The highest BCUT2D eigenvalue weighted by atomic mass is 32.1. The fraction of sp³-hybridized carbons (Fsp3) is 0.250. The van der Waals surface area contributed by atoms with Crippen LogP contribution in [0.4, 0.5) is 5.13 Å². The summed E-state index contributed by atoms with van der Waals surface area (Å²) in [6, 6.07) is 5.40. The highest BCUT2D eigenvalue weighted by Crippen LogP contribution is 2.38. The van der Waals surface area contributed by atoms with E-state index in [0.717, 1.165) is 35.4 Å². The third-order valence-electron chi connectivity index (χ3n) is 4.73. The summed E-state index contributed by atoms with van der Waals surface area (Å²) in [6.45, 7) is 3.76. The summed E-state index contributed by atoms with van der Waals surface area (Å²) in [7, 11) is 3.57.